The summed E-state index contributed by atoms with van der Waals surface area (Å²) in [5.74, 6) is 0.0330. The molecule has 0 aromatic heterocycles. The molecular weight excluding hydrogens is 419 g/mol. The van der Waals surface area contributed by atoms with Crippen LogP contribution in [0, 0.1) is 13.8 Å². The Bertz CT molecular complexity index is 797. The van der Waals surface area contributed by atoms with Crippen molar-refractivity contribution in [3.8, 4) is 0 Å². The normalized spacial score (nSPS) is 10.7. The van der Waals surface area contributed by atoms with E-state index in [0.29, 0.717) is 22.9 Å². The maximum Gasteiger partial charge on any atom is 0.224 e. The van der Waals surface area contributed by atoms with Gasteiger partial charge in [0.05, 0.1) is 0 Å². The van der Waals surface area contributed by atoms with Crippen LogP contribution in [0.5, 0.6) is 0 Å². The highest BCUT2D eigenvalue weighted by molar-refractivity contribution is 6.32. The zero-order chi connectivity index (χ0) is 21.9. The fraction of sp³-hybridized carbons (Fsp3) is 0.417. The number of benzene rings is 2. The first-order valence-electron chi connectivity index (χ1n) is 10.5. The molecule has 0 saturated heterocycles. The van der Waals surface area contributed by atoms with E-state index in [2.05, 4.69) is 10.6 Å². The van der Waals surface area contributed by atoms with E-state index in [1.807, 2.05) is 38.1 Å². The minimum atomic E-state index is 0.0165. The number of hydrogen-bond donors (Lipinski definition) is 2. The van der Waals surface area contributed by atoms with Gasteiger partial charge in [0.2, 0.25) is 11.8 Å². The lowest BCUT2D eigenvalue weighted by atomic mass is 10.1. The molecule has 0 saturated carbocycles. The van der Waals surface area contributed by atoms with Crippen molar-refractivity contribution in [2.24, 2.45) is 0 Å². The van der Waals surface area contributed by atoms with Gasteiger partial charge in [-0.05, 0) is 62.1 Å². The predicted octanol–water partition coefficient (Wildman–Crippen LogP) is 7.31. The lowest BCUT2D eigenvalue weighted by Gasteiger charge is -2.07. The molecule has 0 aliphatic rings. The van der Waals surface area contributed by atoms with E-state index in [4.69, 9.17) is 23.2 Å². The number of anilines is 2. The summed E-state index contributed by atoms with van der Waals surface area (Å²) < 4.78 is 0. The molecule has 4 nitrogen and oxygen atoms in total. The fourth-order valence-corrected chi connectivity index (χ4v) is 3.43. The Balaban J connectivity index is 1.50. The smallest absolute Gasteiger partial charge is 0.224 e. The first-order chi connectivity index (χ1) is 14.3. The summed E-state index contributed by atoms with van der Waals surface area (Å²) in [6, 6.07) is 11.1. The van der Waals surface area contributed by atoms with Crippen LogP contribution < -0.4 is 10.6 Å². The Kier molecular flexibility index (Phi) is 10.2. The van der Waals surface area contributed by atoms with Crippen molar-refractivity contribution in [1.29, 1.82) is 0 Å². The molecule has 0 unspecified atom stereocenters. The van der Waals surface area contributed by atoms with E-state index in [-0.39, 0.29) is 11.8 Å². The van der Waals surface area contributed by atoms with Gasteiger partial charge in [-0.15, -0.1) is 0 Å². The lowest BCUT2D eigenvalue weighted by Crippen LogP contribution is -2.11. The first-order valence-corrected chi connectivity index (χ1v) is 11.2. The molecule has 2 amide bonds. The molecule has 2 rings (SSSR count). The lowest BCUT2D eigenvalue weighted by molar-refractivity contribution is -0.117. The summed E-state index contributed by atoms with van der Waals surface area (Å²) in [4.78, 5) is 24.0. The molecule has 0 radical (unpaired) electrons. The largest absolute Gasteiger partial charge is 0.326 e. The highest BCUT2D eigenvalue weighted by Crippen LogP contribution is 2.21. The number of halogens is 2. The third kappa shape index (κ3) is 8.76. The molecule has 0 fully saturated rings. The maximum absolute atomic E-state index is 12.0. The van der Waals surface area contributed by atoms with Gasteiger partial charge in [0.25, 0.3) is 0 Å². The summed E-state index contributed by atoms with van der Waals surface area (Å²) in [6.45, 7) is 3.86. The molecule has 0 spiro atoms. The van der Waals surface area contributed by atoms with Crippen molar-refractivity contribution in [2.45, 2.75) is 65.2 Å². The molecule has 2 N–H and O–H groups in total. The van der Waals surface area contributed by atoms with Crippen LogP contribution in [0.25, 0.3) is 0 Å². The van der Waals surface area contributed by atoms with Crippen molar-refractivity contribution in [3.05, 3.63) is 57.6 Å². The topological polar surface area (TPSA) is 58.2 Å². The first kappa shape index (κ1) is 24.2. The van der Waals surface area contributed by atoms with Gasteiger partial charge in [-0.3, -0.25) is 9.59 Å². The fourth-order valence-electron chi connectivity index (χ4n) is 3.07. The third-order valence-electron chi connectivity index (χ3n) is 4.97. The van der Waals surface area contributed by atoms with Gasteiger partial charge in [0.15, 0.2) is 0 Å². The molecule has 0 aliphatic carbocycles. The third-order valence-corrected chi connectivity index (χ3v) is 5.78. The number of unbranched alkanes of at least 4 members (excludes halogenated alkanes) is 5. The predicted molar refractivity (Wildman–Crippen MR) is 127 cm³/mol. The van der Waals surface area contributed by atoms with Gasteiger partial charge in [-0.25, -0.2) is 0 Å². The zero-order valence-corrected chi connectivity index (χ0v) is 19.2. The van der Waals surface area contributed by atoms with Crippen LogP contribution in [0.4, 0.5) is 11.4 Å². The number of aryl methyl sites for hydroxylation is 2. The second-order valence-corrected chi connectivity index (χ2v) is 8.46. The van der Waals surface area contributed by atoms with E-state index in [1.165, 1.54) is 0 Å². The van der Waals surface area contributed by atoms with Crippen molar-refractivity contribution < 1.29 is 9.59 Å². The van der Waals surface area contributed by atoms with Crippen LogP contribution in [-0.4, -0.2) is 11.8 Å². The highest BCUT2D eigenvalue weighted by atomic mass is 35.5. The average Bonchev–Trinajstić information content (AvgIpc) is 2.69. The van der Waals surface area contributed by atoms with Crippen LogP contribution in [0.1, 0.15) is 62.5 Å². The maximum atomic E-state index is 12.0. The van der Waals surface area contributed by atoms with Gasteiger partial charge < -0.3 is 10.6 Å². The Morgan fingerprint density at radius 3 is 1.40 bits per heavy atom. The standard InChI is InChI=1S/C24H30Cl2N2O2/c1-17-11-13-19(15-21(17)25)27-23(29)9-7-5-3-4-6-8-10-24(30)28-20-14-12-18(2)22(26)16-20/h11-16H,3-10H2,1-2H3,(H,27,29)(H,28,30). The van der Waals surface area contributed by atoms with Crippen molar-refractivity contribution >= 4 is 46.4 Å². The number of carbonyl (C=O) groups is 2. The van der Waals surface area contributed by atoms with Gasteiger partial charge in [-0.2, -0.15) is 0 Å². The quantitative estimate of drug-likeness (QED) is 0.354. The van der Waals surface area contributed by atoms with Crippen LogP contribution in [0.3, 0.4) is 0 Å². The summed E-state index contributed by atoms with van der Waals surface area (Å²) in [7, 11) is 0. The molecule has 0 heterocycles. The van der Waals surface area contributed by atoms with Gasteiger partial charge >= 0.3 is 0 Å². The second-order valence-electron chi connectivity index (χ2n) is 7.65. The van der Waals surface area contributed by atoms with E-state index in [0.717, 1.165) is 61.0 Å². The monoisotopic (exact) mass is 448 g/mol. The molecule has 6 heteroatoms. The van der Waals surface area contributed by atoms with Crippen LogP contribution >= 0.6 is 23.2 Å². The average molecular weight is 449 g/mol. The van der Waals surface area contributed by atoms with Gasteiger partial charge in [-0.1, -0.05) is 61.0 Å². The highest BCUT2D eigenvalue weighted by Gasteiger charge is 2.06. The minimum absolute atomic E-state index is 0.0165. The summed E-state index contributed by atoms with van der Waals surface area (Å²) in [6.07, 6.45) is 6.89. The summed E-state index contributed by atoms with van der Waals surface area (Å²) >= 11 is 12.1. The van der Waals surface area contributed by atoms with E-state index >= 15 is 0 Å². The molecule has 162 valence electrons. The number of rotatable bonds is 11. The van der Waals surface area contributed by atoms with Gasteiger partial charge in [0.1, 0.15) is 0 Å². The second kappa shape index (κ2) is 12.6. The molecule has 2 aromatic rings. The molecule has 30 heavy (non-hydrogen) atoms. The Labute approximate surface area is 189 Å². The molecule has 2 aromatic carbocycles. The molecular formula is C24H30Cl2N2O2. The SMILES string of the molecule is Cc1ccc(NC(=O)CCCCCCCCC(=O)Nc2ccc(C)c(Cl)c2)cc1Cl. The minimum Gasteiger partial charge on any atom is -0.326 e. The van der Waals surface area contributed by atoms with E-state index < -0.39 is 0 Å². The van der Waals surface area contributed by atoms with Crippen molar-refractivity contribution in [2.75, 3.05) is 10.6 Å². The number of carbonyl (C=O) groups excluding carboxylic acids is 2. The molecule has 0 bridgehead atoms. The van der Waals surface area contributed by atoms with Crippen LogP contribution in [-0.2, 0) is 9.59 Å². The Hall–Kier alpha value is -2.04. The zero-order valence-electron chi connectivity index (χ0n) is 17.7. The summed E-state index contributed by atoms with van der Waals surface area (Å²) in [5, 5.41) is 7.08. The van der Waals surface area contributed by atoms with Crippen LogP contribution in [0.15, 0.2) is 36.4 Å². The molecule has 0 atom stereocenters. The van der Waals surface area contributed by atoms with E-state index in [1.54, 1.807) is 12.1 Å². The number of nitrogens with one attached hydrogen (secondary N) is 2. The summed E-state index contributed by atoms with van der Waals surface area (Å²) in [5.41, 5.74) is 3.46. The Morgan fingerprint density at radius 2 is 1.03 bits per heavy atom. The van der Waals surface area contributed by atoms with Crippen molar-refractivity contribution in [1.82, 2.24) is 0 Å². The number of hydrogen-bond acceptors (Lipinski definition) is 2. The Morgan fingerprint density at radius 1 is 0.667 bits per heavy atom. The van der Waals surface area contributed by atoms with Crippen molar-refractivity contribution in [3.63, 3.8) is 0 Å². The number of amides is 2. The van der Waals surface area contributed by atoms with Gasteiger partial charge in [0, 0.05) is 34.3 Å². The van der Waals surface area contributed by atoms with E-state index in [9.17, 15) is 9.59 Å². The van der Waals surface area contributed by atoms with Crippen LogP contribution in [0.2, 0.25) is 10.0 Å². The molecule has 0 aliphatic heterocycles.